The van der Waals surface area contributed by atoms with Crippen molar-refractivity contribution in [1.29, 1.82) is 0 Å². The molecule has 60 heavy (non-hydrogen) atoms. The van der Waals surface area contributed by atoms with Crippen molar-refractivity contribution in [2.75, 3.05) is 26.3 Å². The van der Waals surface area contributed by atoms with Crippen LogP contribution >= 0.6 is 0 Å². The normalized spacial score (nSPS) is 12.1. The van der Waals surface area contributed by atoms with E-state index in [0.29, 0.717) is 0 Å². The molecule has 362 valence electrons. The highest BCUT2D eigenvalue weighted by molar-refractivity contribution is 4.90. The molecule has 0 aliphatic heterocycles. The van der Waals surface area contributed by atoms with E-state index in [0.717, 1.165) is 25.9 Å². The van der Waals surface area contributed by atoms with Crippen LogP contribution in [0.2, 0.25) is 0 Å². The highest BCUT2D eigenvalue weighted by Crippen LogP contribution is 2.26. The van der Waals surface area contributed by atoms with Gasteiger partial charge in [-0.25, -0.2) is 0 Å². The van der Waals surface area contributed by atoms with Crippen molar-refractivity contribution < 1.29 is 10.2 Å². The van der Waals surface area contributed by atoms with Gasteiger partial charge in [-0.1, -0.05) is 316 Å². The van der Waals surface area contributed by atoms with Crippen LogP contribution in [0.25, 0.3) is 0 Å². The zero-order chi connectivity index (χ0) is 43.6. The molecule has 0 aromatic rings. The van der Waals surface area contributed by atoms with Crippen molar-refractivity contribution in [3.05, 3.63) is 0 Å². The van der Waals surface area contributed by atoms with E-state index in [2.05, 4.69) is 25.7 Å². The quantitative estimate of drug-likeness (QED) is 0.0599. The third kappa shape index (κ3) is 41.9. The van der Waals surface area contributed by atoms with Gasteiger partial charge in [0.15, 0.2) is 0 Å². The summed E-state index contributed by atoms with van der Waals surface area (Å²) in [5.74, 6) is 0. The van der Waals surface area contributed by atoms with Gasteiger partial charge in [0.1, 0.15) is 0 Å². The van der Waals surface area contributed by atoms with E-state index in [1.165, 1.54) is 302 Å². The first-order valence-corrected chi connectivity index (χ1v) is 28.7. The number of hydrogen-bond donors (Lipinski definition) is 2. The van der Waals surface area contributed by atoms with Gasteiger partial charge >= 0.3 is 0 Å². The number of aliphatic hydroxyl groups is 2. The van der Waals surface area contributed by atoms with Crippen LogP contribution in [-0.4, -0.2) is 47.0 Å². The van der Waals surface area contributed by atoms with Gasteiger partial charge in [-0.2, -0.15) is 0 Å². The molecule has 0 rings (SSSR count). The Bertz CT molecular complexity index is 716. The lowest BCUT2D eigenvalue weighted by atomic mass is 9.90. The molecule has 0 saturated heterocycles. The maximum absolute atomic E-state index is 10.8. The van der Waals surface area contributed by atoms with Crippen LogP contribution in [0, 0.1) is 0 Å². The second-order valence-corrected chi connectivity index (χ2v) is 20.2. The molecule has 0 unspecified atom stereocenters. The Hall–Kier alpha value is -0.120. The Morgan fingerprint density at radius 3 is 0.583 bits per heavy atom. The Morgan fingerprint density at radius 1 is 0.233 bits per heavy atom. The zero-order valence-corrected chi connectivity index (χ0v) is 42.3. The molecular weight excluding hydrogens is 731 g/mol. The third-order valence-electron chi connectivity index (χ3n) is 14.3. The topological polar surface area (TPSA) is 43.7 Å². The van der Waals surface area contributed by atoms with Crippen LogP contribution in [-0.2, 0) is 0 Å². The largest absolute Gasteiger partial charge is 0.394 e. The average molecular weight is 849 g/mol. The number of aliphatic hydroxyl groups excluding tert-OH is 2. The summed E-state index contributed by atoms with van der Waals surface area (Å²) in [7, 11) is 0. The minimum Gasteiger partial charge on any atom is -0.394 e. The molecular formula is C57H117NO2. The van der Waals surface area contributed by atoms with Crippen LogP contribution < -0.4 is 0 Å². The van der Waals surface area contributed by atoms with Crippen molar-refractivity contribution in [2.45, 2.75) is 341 Å². The lowest BCUT2D eigenvalue weighted by Crippen LogP contribution is -2.55. The lowest BCUT2D eigenvalue weighted by molar-refractivity contribution is -0.0229. The summed E-state index contributed by atoms with van der Waals surface area (Å²) >= 11 is 0. The minimum atomic E-state index is -0.443. The summed E-state index contributed by atoms with van der Waals surface area (Å²) in [6.45, 7) is 9.19. The third-order valence-corrected chi connectivity index (χ3v) is 14.3. The SMILES string of the molecule is CCCCCCCCCCCCCCCCCCN(CCCCCCCCCCCCCCCCCC)C(CO)(CO)CCCCCCCCCCCCCCCCCC. The highest BCUT2D eigenvalue weighted by Gasteiger charge is 2.34. The maximum Gasteiger partial charge on any atom is 0.0673 e. The monoisotopic (exact) mass is 848 g/mol. The van der Waals surface area contributed by atoms with Gasteiger partial charge in [0, 0.05) is 0 Å². The van der Waals surface area contributed by atoms with E-state index < -0.39 is 5.54 Å². The second kappa shape index (κ2) is 51.5. The lowest BCUT2D eigenvalue weighted by Gasteiger charge is -2.42. The molecule has 0 aliphatic carbocycles. The Balaban J connectivity index is 4.43. The fourth-order valence-corrected chi connectivity index (χ4v) is 9.86. The van der Waals surface area contributed by atoms with Gasteiger partial charge < -0.3 is 10.2 Å². The first kappa shape index (κ1) is 59.9. The molecule has 0 atom stereocenters. The number of unbranched alkanes of at least 4 members (excludes halogenated alkanes) is 45. The molecule has 0 radical (unpaired) electrons. The minimum absolute atomic E-state index is 0.0972. The second-order valence-electron chi connectivity index (χ2n) is 20.2. The summed E-state index contributed by atoms with van der Waals surface area (Å²) in [4.78, 5) is 2.56. The van der Waals surface area contributed by atoms with Crippen molar-refractivity contribution in [1.82, 2.24) is 4.90 Å². The number of hydrogen-bond acceptors (Lipinski definition) is 3. The predicted molar refractivity (Wildman–Crippen MR) is 272 cm³/mol. The average Bonchev–Trinajstić information content (AvgIpc) is 3.26. The first-order valence-electron chi connectivity index (χ1n) is 28.7. The van der Waals surface area contributed by atoms with E-state index in [9.17, 15) is 10.2 Å². The summed E-state index contributed by atoms with van der Waals surface area (Å²) in [5, 5.41) is 21.7. The first-order chi connectivity index (χ1) is 29.7. The fraction of sp³-hybridized carbons (Fsp3) is 1.00. The molecule has 0 aliphatic rings. The summed E-state index contributed by atoms with van der Waals surface area (Å²) < 4.78 is 0. The van der Waals surface area contributed by atoms with Crippen molar-refractivity contribution in [2.24, 2.45) is 0 Å². The van der Waals surface area contributed by atoms with Gasteiger partial charge in [0.05, 0.1) is 18.8 Å². The van der Waals surface area contributed by atoms with E-state index in [1.54, 1.807) is 0 Å². The Kier molecular flexibility index (Phi) is 51.4. The molecule has 0 aromatic heterocycles. The van der Waals surface area contributed by atoms with Crippen LogP contribution in [0.3, 0.4) is 0 Å². The zero-order valence-electron chi connectivity index (χ0n) is 42.3. The van der Waals surface area contributed by atoms with Gasteiger partial charge in [-0.05, 0) is 32.4 Å². The maximum atomic E-state index is 10.8. The van der Waals surface area contributed by atoms with Gasteiger partial charge in [0.25, 0.3) is 0 Å². The van der Waals surface area contributed by atoms with Gasteiger partial charge in [-0.15, -0.1) is 0 Å². The summed E-state index contributed by atoms with van der Waals surface area (Å²) in [6.07, 6.45) is 67.8. The van der Waals surface area contributed by atoms with Crippen LogP contribution in [0.15, 0.2) is 0 Å². The molecule has 3 heteroatoms. The molecule has 0 saturated carbocycles. The molecule has 2 N–H and O–H groups in total. The smallest absolute Gasteiger partial charge is 0.0673 e. The van der Waals surface area contributed by atoms with Gasteiger partial charge in [0.2, 0.25) is 0 Å². The van der Waals surface area contributed by atoms with E-state index in [1.807, 2.05) is 0 Å². The van der Waals surface area contributed by atoms with Crippen molar-refractivity contribution in [3.63, 3.8) is 0 Å². The highest BCUT2D eigenvalue weighted by atomic mass is 16.3. The molecule has 0 aromatic carbocycles. The molecule has 0 amide bonds. The van der Waals surface area contributed by atoms with E-state index in [-0.39, 0.29) is 13.2 Å². The summed E-state index contributed by atoms with van der Waals surface area (Å²) in [6, 6.07) is 0. The van der Waals surface area contributed by atoms with Crippen LogP contribution in [0.5, 0.6) is 0 Å². The van der Waals surface area contributed by atoms with E-state index in [4.69, 9.17) is 0 Å². The van der Waals surface area contributed by atoms with Crippen molar-refractivity contribution in [3.8, 4) is 0 Å². The molecule has 3 nitrogen and oxygen atoms in total. The summed E-state index contributed by atoms with van der Waals surface area (Å²) in [5.41, 5.74) is -0.443. The number of nitrogens with zero attached hydrogens (tertiary/aromatic N) is 1. The van der Waals surface area contributed by atoms with Crippen LogP contribution in [0.1, 0.15) is 335 Å². The Morgan fingerprint density at radius 2 is 0.400 bits per heavy atom. The predicted octanol–water partition coefficient (Wildman–Crippen LogP) is 19.2. The molecule has 0 fully saturated rings. The Labute approximate surface area is 381 Å². The molecule has 0 heterocycles. The molecule has 0 bridgehead atoms. The van der Waals surface area contributed by atoms with Crippen LogP contribution in [0.4, 0.5) is 0 Å². The number of rotatable bonds is 54. The fourth-order valence-electron chi connectivity index (χ4n) is 9.86. The van der Waals surface area contributed by atoms with Gasteiger partial charge in [-0.3, -0.25) is 4.90 Å². The van der Waals surface area contributed by atoms with Crippen molar-refractivity contribution >= 4 is 0 Å². The van der Waals surface area contributed by atoms with E-state index >= 15 is 0 Å². The molecule has 0 spiro atoms. The standard InChI is InChI=1S/C57H117NO2/c1-4-7-10-13-16-19-22-25-28-31-34-37-40-43-46-49-52-57(55-59,56-60)58(53-50-47-44-41-38-35-32-29-26-23-20-17-14-11-8-5-2)54-51-48-45-42-39-36-33-30-27-24-21-18-15-12-9-6-3/h59-60H,4-56H2,1-3H3.